The van der Waals surface area contributed by atoms with E-state index in [-0.39, 0.29) is 11.5 Å². The number of hydrogen-bond donors (Lipinski definition) is 2. The van der Waals surface area contributed by atoms with E-state index in [2.05, 4.69) is 26.1 Å². The van der Waals surface area contributed by atoms with Gasteiger partial charge in [0.1, 0.15) is 6.04 Å². The lowest BCUT2D eigenvalue weighted by Gasteiger charge is -2.48. The molecule has 1 rings (SSSR count). The summed E-state index contributed by atoms with van der Waals surface area (Å²) in [5, 5.41) is 12.3. The van der Waals surface area contributed by atoms with Gasteiger partial charge < -0.3 is 10.4 Å². The quantitative estimate of drug-likeness (QED) is 0.676. The maximum absolute atomic E-state index is 11.1. The second-order valence-corrected chi connectivity index (χ2v) is 5.20. The Hall–Kier alpha value is -0.570. The van der Waals surface area contributed by atoms with Crippen LogP contribution in [0.15, 0.2) is 0 Å². The zero-order valence-electron chi connectivity index (χ0n) is 9.66. The van der Waals surface area contributed by atoms with Gasteiger partial charge in [0.2, 0.25) is 0 Å². The lowest BCUT2D eigenvalue weighted by atomic mass is 9.64. The molecule has 0 aromatic rings. The van der Waals surface area contributed by atoms with E-state index in [0.717, 1.165) is 0 Å². The van der Waals surface area contributed by atoms with Crippen molar-refractivity contribution in [1.29, 1.82) is 0 Å². The highest BCUT2D eigenvalue weighted by Gasteiger charge is 2.47. The van der Waals surface area contributed by atoms with Gasteiger partial charge in [-0.2, -0.15) is 0 Å². The Morgan fingerprint density at radius 2 is 1.79 bits per heavy atom. The van der Waals surface area contributed by atoms with Crippen LogP contribution in [-0.4, -0.2) is 23.2 Å². The maximum Gasteiger partial charge on any atom is 0.321 e. The molecule has 82 valence electrons. The van der Waals surface area contributed by atoms with Gasteiger partial charge in [-0.1, -0.05) is 27.7 Å². The summed E-state index contributed by atoms with van der Waals surface area (Å²) >= 11 is 0. The first kappa shape index (κ1) is 11.5. The van der Waals surface area contributed by atoms with Crippen LogP contribution in [0.2, 0.25) is 0 Å². The van der Waals surface area contributed by atoms with Crippen molar-refractivity contribution in [3.05, 3.63) is 0 Å². The molecule has 3 heteroatoms. The van der Waals surface area contributed by atoms with Crippen molar-refractivity contribution in [3.63, 3.8) is 0 Å². The van der Waals surface area contributed by atoms with Gasteiger partial charge in [0.05, 0.1) is 0 Å². The monoisotopic (exact) mass is 199 g/mol. The number of rotatable bonds is 1. The Kier molecular flexibility index (Phi) is 2.91. The Bertz CT molecular complexity index is 237. The normalized spacial score (nSPS) is 42.1. The van der Waals surface area contributed by atoms with Gasteiger partial charge in [0.15, 0.2) is 0 Å². The molecule has 0 aromatic heterocycles. The third-order valence-electron chi connectivity index (χ3n) is 4.17. The van der Waals surface area contributed by atoms with E-state index in [1.165, 1.54) is 0 Å². The molecule has 0 amide bonds. The fourth-order valence-electron chi connectivity index (χ4n) is 2.39. The molecule has 0 spiro atoms. The van der Waals surface area contributed by atoms with Crippen molar-refractivity contribution in [2.24, 2.45) is 17.3 Å². The van der Waals surface area contributed by atoms with Crippen molar-refractivity contribution in [3.8, 4) is 0 Å². The zero-order valence-corrected chi connectivity index (χ0v) is 9.66. The van der Waals surface area contributed by atoms with Gasteiger partial charge in [0, 0.05) is 6.04 Å². The molecule has 4 atom stereocenters. The lowest BCUT2D eigenvalue weighted by Crippen LogP contribution is -2.61. The number of carboxylic acids is 1. The minimum absolute atomic E-state index is 0.183. The lowest BCUT2D eigenvalue weighted by molar-refractivity contribution is -0.147. The highest BCUT2D eigenvalue weighted by atomic mass is 16.4. The molecular formula is C11H21NO2. The first-order chi connectivity index (χ1) is 6.28. The van der Waals surface area contributed by atoms with Gasteiger partial charge in [-0.3, -0.25) is 4.79 Å². The molecular weight excluding hydrogens is 178 g/mol. The largest absolute Gasteiger partial charge is 0.480 e. The molecule has 1 heterocycles. The fourth-order valence-corrected chi connectivity index (χ4v) is 2.39. The van der Waals surface area contributed by atoms with Crippen molar-refractivity contribution in [1.82, 2.24) is 5.32 Å². The van der Waals surface area contributed by atoms with E-state index in [1.807, 2.05) is 13.8 Å². The van der Waals surface area contributed by atoms with E-state index in [0.29, 0.717) is 11.8 Å². The number of carboxylic acid groups (broad SMARTS) is 1. The fraction of sp³-hybridized carbons (Fsp3) is 0.909. The van der Waals surface area contributed by atoms with Crippen LogP contribution in [0.25, 0.3) is 0 Å². The molecule has 3 nitrogen and oxygen atoms in total. The second kappa shape index (κ2) is 3.54. The van der Waals surface area contributed by atoms with Crippen LogP contribution in [0.3, 0.4) is 0 Å². The average molecular weight is 199 g/mol. The second-order valence-electron chi connectivity index (χ2n) is 5.20. The van der Waals surface area contributed by atoms with Crippen LogP contribution in [0, 0.1) is 17.3 Å². The van der Waals surface area contributed by atoms with Crippen molar-refractivity contribution < 1.29 is 9.90 Å². The van der Waals surface area contributed by atoms with Crippen molar-refractivity contribution in [2.45, 2.75) is 46.7 Å². The van der Waals surface area contributed by atoms with E-state index in [1.54, 1.807) is 0 Å². The van der Waals surface area contributed by atoms with Crippen LogP contribution in [0.4, 0.5) is 0 Å². The van der Waals surface area contributed by atoms with E-state index in [9.17, 15) is 4.79 Å². The third kappa shape index (κ3) is 1.65. The Morgan fingerprint density at radius 3 is 2.21 bits per heavy atom. The highest BCUT2D eigenvalue weighted by Crippen LogP contribution is 2.40. The van der Waals surface area contributed by atoms with Crippen LogP contribution >= 0.6 is 0 Å². The summed E-state index contributed by atoms with van der Waals surface area (Å²) < 4.78 is 0. The van der Waals surface area contributed by atoms with Crippen LogP contribution in [-0.2, 0) is 4.79 Å². The molecule has 4 unspecified atom stereocenters. The minimum atomic E-state index is -0.736. The van der Waals surface area contributed by atoms with Gasteiger partial charge >= 0.3 is 5.97 Å². The topological polar surface area (TPSA) is 49.3 Å². The highest BCUT2D eigenvalue weighted by molar-refractivity contribution is 5.74. The summed E-state index contributed by atoms with van der Waals surface area (Å²) in [5.74, 6) is 0.195. The smallest absolute Gasteiger partial charge is 0.321 e. The number of carbonyl (C=O) groups is 1. The molecule has 1 aliphatic rings. The van der Waals surface area contributed by atoms with Gasteiger partial charge in [-0.25, -0.2) is 0 Å². The Labute approximate surface area is 85.9 Å². The van der Waals surface area contributed by atoms with Crippen molar-refractivity contribution >= 4 is 5.97 Å². The number of aliphatic carboxylic acids is 1. The first-order valence-corrected chi connectivity index (χ1v) is 5.27. The number of hydrogen-bond acceptors (Lipinski definition) is 2. The van der Waals surface area contributed by atoms with E-state index in [4.69, 9.17) is 5.11 Å². The summed E-state index contributed by atoms with van der Waals surface area (Å²) in [7, 11) is 0. The summed E-state index contributed by atoms with van der Waals surface area (Å²) in [5.41, 5.74) is -0.183. The molecule has 1 fully saturated rings. The predicted molar refractivity (Wildman–Crippen MR) is 56.1 cm³/mol. The van der Waals surface area contributed by atoms with E-state index < -0.39 is 12.0 Å². The molecule has 1 aliphatic heterocycles. The summed E-state index contributed by atoms with van der Waals surface area (Å²) in [6, 6.07) is -0.150. The zero-order chi connectivity index (χ0) is 11.1. The van der Waals surface area contributed by atoms with Gasteiger partial charge in [-0.15, -0.1) is 0 Å². The van der Waals surface area contributed by atoms with Gasteiger partial charge in [-0.05, 0) is 24.2 Å². The number of piperidine rings is 1. The molecule has 2 N–H and O–H groups in total. The molecule has 0 saturated carbocycles. The third-order valence-corrected chi connectivity index (χ3v) is 4.17. The Balaban J connectivity index is 2.95. The van der Waals surface area contributed by atoms with Crippen LogP contribution < -0.4 is 5.32 Å². The summed E-state index contributed by atoms with van der Waals surface area (Å²) in [6.07, 6.45) is 0. The summed E-state index contributed by atoms with van der Waals surface area (Å²) in [6.45, 7) is 10.5. The molecule has 14 heavy (non-hydrogen) atoms. The molecule has 0 aromatic carbocycles. The van der Waals surface area contributed by atoms with Gasteiger partial charge in [0.25, 0.3) is 0 Å². The molecule has 0 aliphatic carbocycles. The van der Waals surface area contributed by atoms with Crippen molar-refractivity contribution in [2.75, 3.05) is 0 Å². The standard InChI is InChI=1S/C11H21NO2/c1-6-7(2)11(4,5)9(10(13)14)12-8(6)3/h6-9,12H,1-5H3,(H,13,14). The molecule has 1 saturated heterocycles. The van der Waals surface area contributed by atoms with E-state index >= 15 is 0 Å². The molecule has 0 radical (unpaired) electrons. The first-order valence-electron chi connectivity index (χ1n) is 5.27. The average Bonchev–Trinajstić information content (AvgIpc) is 2.08. The predicted octanol–water partition coefficient (Wildman–Crippen LogP) is 1.73. The minimum Gasteiger partial charge on any atom is -0.480 e. The summed E-state index contributed by atoms with van der Waals surface area (Å²) in [4.78, 5) is 11.1. The SMILES string of the molecule is CC1NC(C(=O)O)C(C)(C)C(C)C1C. The number of nitrogens with one attached hydrogen (secondary N) is 1. The van der Waals surface area contributed by atoms with Crippen LogP contribution in [0.1, 0.15) is 34.6 Å². The Morgan fingerprint density at radius 1 is 1.29 bits per heavy atom. The van der Waals surface area contributed by atoms with Crippen LogP contribution in [0.5, 0.6) is 0 Å². The maximum atomic E-state index is 11.1. The molecule has 0 bridgehead atoms.